The Bertz CT molecular complexity index is 309. The first-order valence-electron chi connectivity index (χ1n) is 5.76. The fraction of sp³-hybridized carbons (Fsp3) is 0.538. The second kappa shape index (κ2) is 5.76. The van der Waals surface area contributed by atoms with Crippen LogP contribution in [0.3, 0.4) is 0 Å². The number of aryl methyl sites for hydroxylation is 1. The molecule has 0 heterocycles. The lowest BCUT2D eigenvalue weighted by Gasteiger charge is -2.13. The Morgan fingerprint density at radius 3 is 2.67 bits per heavy atom. The van der Waals surface area contributed by atoms with Gasteiger partial charge in [-0.1, -0.05) is 32.4 Å². The van der Waals surface area contributed by atoms with E-state index in [1.807, 2.05) is 19.1 Å². The molecule has 0 saturated carbocycles. The first-order valence-corrected chi connectivity index (χ1v) is 5.76. The van der Waals surface area contributed by atoms with Crippen molar-refractivity contribution in [3.8, 4) is 5.75 Å². The van der Waals surface area contributed by atoms with Crippen LogP contribution in [0.1, 0.15) is 50.3 Å². The van der Waals surface area contributed by atoms with Crippen LogP contribution in [-0.2, 0) is 6.42 Å². The predicted molar refractivity (Wildman–Crippen MR) is 63.9 cm³/mol. The average Bonchev–Trinajstić information content (AvgIpc) is 2.27. The van der Waals surface area contributed by atoms with Gasteiger partial charge in [0.25, 0.3) is 0 Å². The van der Waals surface area contributed by atoms with Crippen LogP contribution in [0.5, 0.6) is 5.75 Å². The van der Waals surface area contributed by atoms with Crippen molar-refractivity contribution in [2.75, 3.05) is 0 Å². The third kappa shape index (κ3) is 3.24. The Morgan fingerprint density at radius 1 is 1.33 bits per heavy atom. The van der Waals surface area contributed by atoms with E-state index in [9.17, 15) is 5.11 Å². The number of benzene rings is 1. The maximum Gasteiger partial charge on any atom is 0.120 e. The summed E-state index contributed by atoms with van der Waals surface area (Å²) >= 11 is 0. The van der Waals surface area contributed by atoms with Crippen molar-refractivity contribution in [1.29, 1.82) is 0 Å². The van der Waals surface area contributed by atoms with Gasteiger partial charge in [-0.25, -0.2) is 0 Å². The zero-order valence-corrected chi connectivity index (χ0v) is 9.66. The van der Waals surface area contributed by atoms with Crippen molar-refractivity contribution in [1.82, 2.24) is 0 Å². The maximum atomic E-state index is 9.68. The first-order chi connectivity index (χ1) is 7.19. The van der Waals surface area contributed by atoms with E-state index in [1.54, 1.807) is 6.07 Å². The number of rotatable bonds is 5. The number of aromatic hydroxyl groups is 1. The van der Waals surface area contributed by atoms with E-state index in [0.717, 1.165) is 18.4 Å². The van der Waals surface area contributed by atoms with Crippen LogP contribution in [0.2, 0.25) is 0 Å². The summed E-state index contributed by atoms with van der Waals surface area (Å²) in [7, 11) is 0. The van der Waals surface area contributed by atoms with Crippen LogP contribution in [0, 0.1) is 0 Å². The molecule has 1 aromatic rings. The molecule has 0 aliphatic rings. The first kappa shape index (κ1) is 12.1. The molecule has 0 saturated heterocycles. The van der Waals surface area contributed by atoms with Crippen molar-refractivity contribution in [2.24, 2.45) is 5.73 Å². The molecule has 1 aromatic carbocycles. The minimum Gasteiger partial charge on any atom is -0.508 e. The Labute approximate surface area is 92.1 Å². The number of hydrogen-bond donors (Lipinski definition) is 2. The maximum absolute atomic E-state index is 9.68. The normalized spacial score (nSPS) is 12.7. The molecule has 15 heavy (non-hydrogen) atoms. The summed E-state index contributed by atoms with van der Waals surface area (Å²) in [6, 6.07) is 5.73. The van der Waals surface area contributed by atoms with E-state index >= 15 is 0 Å². The summed E-state index contributed by atoms with van der Waals surface area (Å²) in [5.41, 5.74) is 8.09. The van der Waals surface area contributed by atoms with Crippen molar-refractivity contribution >= 4 is 0 Å². The molecule has 84 valence electrons. The number of phenols is 1. The number of nitrogens with two attached hydrogens (primary N) is 1. The van der Waals surface area contributed by atoms with E-state index < -0.39 is 0 Å². The molecule has 3 N–H and O–H groups in total. The van der Waals surface area contributed by atoms with E-state index in [1.165, 1.54) is 18.4 Å². The highest BCUT2D eigenvalue weighted by molar-refractivity contribution is 5.38. The molecule has 0 aliphatic carbocycles. The fourth-order valence-electron chi connectivity index (χ4n) is 1.66. The molecular weight excluding hydrogens is 186 g/mol. The Morgan fingerprint density at radius 2 is 2.07 bits per heavy atom. The smallest absolute Gasteiger partial charge is 0.120 e. The van der Waals surface area contributed by atoms with Crippen molar-refractivity contribution in [2.45, 2.75) is 45.6 Å². The van der Waals surface area contributed by atoms with Crippen LogP contribution in [0.25, 0.3) is 0 Å². The van der Waals surface area contributed by atoms with Crippen LogP contribution in [-0.4, -0.2) is 5.11 Å². The van der Waals surface area contributed by atoms with E-state index in [0.29, 0.717) is 5.75 Å². The van der Waals surface area contributed by atoms with Crippen molar-refractivity contribution in [3.63, 3.8) is 0 Å². The van der Waals surface area contributed by atoms with Gasteiger partial charge < -0.3 is 10.8 Å². The summed E-state index contributed by atoms with van der Waals surface area (Å²) in [5, 5.41) is 9.68. The van der Waals surface area contributed by atoms with E-state index in [-0.39, 0.29) is 6.04 Å². The lowest BCUT2D eigenvalue weighted by Crippen LogP contribution is -2.09. The Kier molecular flexibility index (Phi) is 4.63. The molecule has 0 bridgehead atoms. The highest BCUT2D eigenvalue weighted by Crippen LogP contribution is 2.26. The standard InChI is InChI=1S/C13H21NO/c1-3-5-6-10-7-8-13(15)11(9-10)12(14)4-2/h7-9,12,15H,3-6,14H2,1-2H3. The van der Waals surface area contributed by atoms with E-state index in [4.69, 9.17) is 5.73 Å². The topological polar surface area (TPSA) is 46.2 Å². The van der Waals surface area contributed by atoms with E-state index in [2.05, 4.69) is 6.92 Å². The largest absolute Gasteiger partial charge is 0.508 e. The number of unbranched alkanes of at least 4 members (excludes halogenated alkanes) is 1. The Balaban J connectivity index is 2.84. The van der Waals surface area contributed by atoms with Gasteiger partial charge in [0, 0.05) is 11.6 Å². The Hall–Kier alpha value is -1.02. The number of phenolic OH excluding ortho intramolecular Hbond substituents is 1. The third-order valence-electron chi connectivity index (χ3n) is 2.75. The number of hydrogen-bond acceptors (Lipinski definition) is 2. The van der Waals surface area contributed by atoms with Crippen LogP contribution < -0.4 is 5.73 Å². The monoisotopic (exact) mass is 207 g/mol. The molecule has 0 fully saturated rings. The quantitative estimate of drug-likeness (QED) is 0.779. The molecule has 2 nitrogen and oxygen atoms in total. The fourth-order valence-corrected chi connectivity index (χ4v) is 1.66. The van der Waals surface area contributed by atoms with Gasteiger partial charge in [0.2, 0.25) is 0 Å². The SMILES string of the molecule is CCCCc1ccc(O)c(C(N)CC)c1. The minimum absolute atomic E-state index is 0.0495. The minimum atomic E-state index is -0.0495. The second-order valence-electron chi connectivity index (χ2n) is 4.01. The van der Waals surface area contributed by atoms with Gasteiger partial charge in [-0.05, 0) is 30.9 Å². The highest BCUT2D eigenvalue weighted by Gasteiger charge is 2.09. The van der Waals surface area contributed by atoms with Crippen molar-refractivity contribution < 1.29 is 5.11 Å². The van der Waals surface area contributed by atoms with Crippen molar-refractivity contribution in [3.05, 3.63) is 29.3 Å². The van der Waals surface area contributed by atoms with Gasteiger partial charge >= 0.3 is 0 Å². The zero-order valence-electron chi connectivity index (χ0n) is 9.66. The van der Waals surface area contributed by atoms with Gasteiger partial charge in [0.05, 0.1) is 0 Å². The average molecular weight is 207 g/mol. The van der Waals surface area contributed by atoms with Gasteiger partial charge in [-0.3, -0.25) is 0 Å². The van der Waals surface area contributed by atoms with Gasteiger partial charge in [0.1, 0.15) is 5.75 Å². The molecule has 0 spiro atoms. The summed E-state index contributed by atoms with van der Waals surface area (Å²) in [4.78, 5) is 0. The molecule has 2 heteroatoms. The molecular formula is C13H21NO. The highest BCUT2D eigenvalue weighted by atomic mass is 16.3. The van der Waals surface area contributed by atoms with Gasteiger partial charge in [0.15, 0.2) is 0 Å². The third-order valence-corrected chi connectivity index (χ3v) is 2.75. The summed E-state index contributed by atoms with van der Waals surface area (Å²) in [5.74, 6) is 0.324. The molecule has 0 aromatic heterocycles. The van der Waals surface area contributed by atoms with Crippen LogP contribution in [0.4, 0.5) is 0 Å². The lowest BCUT2D eigenvalue weighted by molar-refractivity contribution is 0.460. The predicted octanol–water partition coefficient (Wildman–Crippen LogP) is 3.14. The summed E-state index contributed by atoms with van der Waals surface area (Å²) in [6.07, 6.45) is 4.30. The summed E-state index contributed by atoms with van der Waals surface area (Å²) in [6.45, 7) is 4.21. The molecule has 0 aliphatic heterocycles. The molecule has 1 atom stereocenters. The molecule has 0 amide bonds. The molecule has 1 unspecified atom stereocenters. The molecule has 0 radical (unpaired) electrons. The van der Waals surface area contributed by atoms with Crippen LogP contribution >= 0.6 is 0 Å². The van der Waals surface area contributed by atoms with Crippen LogP contribution in [0.15, 0.2) is 18.2 Å². The van der Waals surface area contributed by atoms with Gasteiger partial charge in [-0.15, -0.1) is 0 Å². The zero-order chi connectivity index (χ0) is 11.3. The molecule has 1 rings (SSSR count). The lowest BCUT2D eigenvalue weighted by atomic mass is 9.99. The summed E-state index contributed by atoms with van der Waals surface area (Å²) < 4.78 is 0. The van der Waals surface area contributed by atoms with Gasteiger partial charge in [-0.2, -0.15) is 0 Å². The second-order valence-corrected chi connectivity index (χ2v) is 4.01.